The minimum atomic E-state index is -3.65. The minimum Gasteiger partial charge on any atom is -0.492 e. The molecule has 0 saturated heterocycles. The number of carbonyl (C=O) groups excluding carboxylic acids is 2. The van der Waals surface area contributed by atoms with E-state index in [1.54, 1.807) is 29.2 Å². The summed E-state index contributed by atoms with van der Waals surface area (Å²) in [6.45, 7) is 8.29. The highest BCUT2D eigenvalue weighted by atomic mass is 32.2. The summed E-state index contributed by atoms with van der Waals surface area (Å²) in [4.78, 5) is 29.3. The van der Waals surface area contributed by atoms with Gasteiger partial charge in [0.1, 0.15) is 11.8 Å². The lowest BCUT2D eigenvalue weighted by Gasteiger charge is -2.34. The maximum absolute atomic E-state index is 13.9. The van der Waals surface area contributed by atoms with Gasteiger partial charge in [0.25, 0.3) is 0 Å². The molecule has 226 valence electrons. The number of amides is 2. The minimum absolute atomic E-state index is 0.0593. The third kappa shape index (κ3) is 9.91. The van der Waals surface area contributed by atoms with Crippen LogP contribution < -0.4 is 14.4 Å². The number of rotatable bonds is 14. The van der Waals surface area contributed by atoms with Crippen molar-refractivity contribution in [2.45, 2.75) is 65.1 Å². The Morgan fingerprint density at radius 2 is 1.45 bits per heavy atom. The molecule has 0 spiro atoms. The van der Waals surface area contributed by atoms with Gasteiger partial charge in [0.2, 0.25) is 21.8 Å². The van der Waals surface area contributed by atoms with Gasteiger partial charge in [0.15, 0.2) is 0 Å². The summed E-state index contributed by atoms with van der Waals surface area (Å²) in [6.07, 6.45) is 1.81. The molecule has 0 heterocycles. The molecule has 1 N–H and O–H groups in total. The van der Waals surface area contributed by atoms with E-state index in [1.807, 2.05) is 88.4 Å². The van der Waals surface area contributed by atoms with Crippen molar-refractivity contribution in [3.63, 3.8) is 0 Å². The van der Waals surface area contributed by atoms with E-state index in [9.17, 15) is 18.0 Å². The van der Waals surface area contributed by atoms with Crippen molar-refractivity contribution in [1.82, 2.24) is 10.2 Å². The molecular weight excluding hydrogens is 550 g/mol. The second-order valence-electron chi connectivity index (χ2n) is 11.3. The number of carbonyl (C=O) groups is 2. The summed E-state index contributed by atoms with van der Waals surface area (Å²) in [5, 5.41) is 3.06. The van der Waals surface area contributed by atoms with E-state index >= 15 is 0 Å². The molecule has 3 aromatic carbocycles. The van der Waals surface area contributed by atoms with Crippen LogP contribution in [-0.4, -0.2) is 56.1 Å². The number of nitrogens with zero attached hydrogens (tertiary/aromatic N) is 2. The molecule has 1 unspecified atom stereocenters. The van der Waals surface area contributed by atoms with Crippen LogP contribution >= 0.6 is 0 Å². The molecule has 3 rings (SSSR count). The highest BCUT2D eigenvalue weighted by Crippen LogP contribution is 2.30. The molecule has 1 atom stereocenters. The molecule has 2 amide bonds. The molecule has 3 aromatic rings. The summed E-state index contributed by atoms with van der Waals surface area (Å²) in [5.41, 5.74) is 1.78. The van der Waals surface area contributed by atoms with Crippen molar-refractivity contribution < 1.29 is 22.7 Å². The summed E-state index contributed by atoms with van der Waals surface area (Å²) in [7, 11) is -3.65. The molecule has 0 aliphatic heterocycles. The lowest BCUT2D eigenvalue weighted by atomic mass is 10.00. The van der Waals surface area contributed by atoms with E-state index in [0.29, 0.717) is 24.5 Å². The van der Waals surface area contributed by atoms with Crippen molar-refractivity contribution in [1.29, 1.82) is 0 Å². The van der Waals surface area contributed by atoms with E-state index in [4.69, 9.17) is 4.74 Å². The second-order valence-corrected chi connectivity index (χ2v) is 13.2. The Balaban J connectivity index is 1.89. The molecule has 0 radical (unpaired) electrons. The number of benzene rings is 3. The molecule has 0 aliphatic rings. The topological polar surface area (TPSA) is 96.0 Å². The second kappa shape index (κ2) is 14.9. The van der Waals surface area contributed by atoms with Gasteiger partial charge in [-0.1, -0.05) is 72.8 Å². The zero-order valence-electron chi connectivity index (χ0n) is 25.2. The van der Waals surface area contributed by atoms with Gasteiger partial charge in [0.05, 0.1) is 18.6 Å². The van der Waals surface area contributed by atoms with Gasteiger partial charge in [-0.25, -0.2) is 8.42 Å². The van der Waals surface area contributed by atoms with Crippen LogP contribution in [0.2, 0.25) is 0 Å². The normalized spacial score (nSPS) is 12.3. The lowest BCUT2D eigenvalue weighted by Crippen LogP contribution is -2.54. The van der Waals surface area contributed by atoms with E-state index in [-0.39, 0.29) is 37.7 Å². The Kier molecular flexibility index (Phi) is 11.6. The van der Waals surface area contributed by atoms with E-state index in [2.05, 4.69) is 5.32 Å². The van der Waals surface area contributed by atoms with Gasteiger partial charge < -0.3 is 15.0 Å². The molecule has 8 nitrogen and oxygen atoms in total. The maximum atomic E-state index is 13.9. The van der Waals surface area contributed by atoms with Gasteiger partial charge in [-0.15, -0.1) is 0 Å². The smallest absolute Gasteiger partial charge is 0.243 e. The summed E-state index contributed by atoms with van der Waals surface area (Å²) in [6, 6.07) is 25.4. The Morgan fingerprint density at radius 3 is 2.02 bits per heavy atom. The van der Waals surface area contributed by atoms with Crippen molar-refractivity contribution in [3.8, 4) is 5.75 Å². The lowest BCUT2D eigenvalue weighted by molar-refractivity contribution is -0.142. The highest BCUT2D eigenvalue weighted by molar-refractivity contribution is 7.92. The van der Waals surface area contributed by atoms with Gasteiger partial charge in [-0.2, -0.15) is 0 Å². The number of hydrogen-bond donors (Lipinski definition) is 1. The highest BCUT2D eigenvalue weighted by Gasteiger charge is 2.32. The van der Waals surface area contributed by atoms with Crippen LogP contribution in [0.1, 0.15) is 51.7 Å². The molecule has 0 bridgehead atoms. The summed E-state index contributed by atoms with van der Waals surface area (Å²) in [5.74, 6) is -0.00124. The van der Waals surface area contributed by atoms with Gasteiger partial charge >= 0.3 is 0 Å². The summed E-state index contributed by atoms with van der Waals surface area (Å²) < 4.78 is 32.5. The maximum Gasteiger partial charge on any atom is 0.243 e. The van der Waals surface area contributed by atoms with Crippen molar-refractivity contribution >= 4 is 27.5 Å². The molecular formula is C33H43N3O5S. The van der Waals surface area contributed by atoms with E-state index < -0.39 is 21.6 Å². The number of sulfonamides is 1. The van der Waals surface area contributed by atoms with Crippen molar-refractivity contribution in [2.24, 2.45) is 0 Å². The number of hydrogen-bond acceptors (Lipinski definition) is 5. The Bertz CT molecular complexity index is 1410. The average Bonchev–Trinajstić information content (AvgIpc) is 2.93. The Morgan fingerprint density at radius 1 is 0.881 bits per heavy atom. The zero-order valence-corrected chi connectivity index (χ0v) is 26.1. The van der Waals surface area contributed by atoms with Crippen LogP contribution in [0.15, 0.2) is 84.9 Å². The van der Waals surface area contributed by atoms with Gasteiger partial charge in [-0.05, 0) is 57.4 Å². The van der Waals surface area contributed by atoms with Crippen molar-refractivity contribution in [3.05, 3.63) is 96.1 Å². The fraction of sp³-hybridized carbons (Fsp3) is 0.394. The molecule has 0 saturated carbocycles. The number of ether oxygens (including phenoxy) is 1. The predicted molar refractivity (Wildman–Crippen MR) is 168 cm³/mol. The van der Waals surface area contributed by atoms with Crippen LogP contribution in [0.25, 0.3) is 0 Å². The first kappa shape index (κ1) is 32.7. The first-order valence-corrected chi connectivity index (χ1v) is 16.1. The Labute approximate surface area is 250 Å². The molecule has 0 fully saturated rings. The summed E-state index contributed by atoms with van der Waals surface area (Å²) >= 11 is 0. The van der Waals surface area contributed by atoms with Crippen LogP contribution in [0.4, 0.5) is 5.69 Å². The number of anilines is 1. The SMILES string of the molecule is CCOc1ccccc1N(CCCC(=O)N(Cc1ccccc1)C(Cc1ccccc1)C(=O)NC(C)(C)C)S(C)(=O)=O. The monoisotopic (exact) mass is 593 g/mol. The van der Waals surface area contributed by atoms with Gasteiger partial charge in [-0.3, -0.25) is 13.9 Å². The molecule has 0 aromatic heterocycles. The third-order valence-corrected chi connectivity index (χ3v) is 7.73. The molecule has 9 heteroatoms. The standard InChI is InChI=1S/C33H43N3O5S/c1-6-41-30-21-14-13-20-28(30)36(42(5,39)40)23-15-22-31(37)35(25-27-18-11-8-12-19-27)29(32(38)34-33(2,3)4)24-26-16-9-7-10-17-26/h7-14,16-21,29H,6,15,22-25H2,1-5H3,(H,34,38). The molecule has 42 heavy (non-hydrogen) atoms. The molecule has 0 aliphatic carbocycles. The van der Waals surface area contributed by atoms with Crippen LogP contribution in [0.5, 0.6) is 5.75 Å². The number of nitrogens with one attached hydrogen (secondary N) is 1. The predicted octanol–water partition coefficient (Wildman–Crippen LogP) is 5.19. The first-order chi connectivity index (χ1) is 19.9. The van der Waals surface area contributed by atoms with E-state index in [1.165, 1.54) is 4.31 Å². The zero-order chi connectivity index (χ0) is 30.8. The Hall–Kier alpha value is -3.85. The van der Waals surface area contributed by atoms with Crippen LogP contribution in [-0.2, 0) is 32.6 Å². The van der Waals surface area contributed by atoms with Crippen molar-refractivity contribution in [2.75, 3.05) is 23.7 Å². The quantitative estimate of drug-likeness (QED) is 0.278. The first-order valence-electron chi connectivity index (χ1n) is 14.3. The average molecular weight is 594 g/mol. The third-order valence-electron chi connectivity index (χ3n) is 6.55. The fourth-order valence-electron chi connectivity index (χ4n) is 4.71. The number of para-hydroxylation sites is 2. The van der Waals surface area contributed by atoms with Gasteiger partial charge in [0, 0.05) is 31.5 Å². The van der Waals surface area contributed by atoms with Crippen LogP contribution in [0, 0.1) is 0 Å². The van der Waals surface area contributed by atoms with Crippen LogP contribution in [0.3, 0.4) is 0 Å². The largest absolute Gasteiger partial charge is 0.492 e. The van der Waals surface area contributed by atoms with E-state index in [0.717, 1.165) is 17.4 Å². The fourth-order valence-corrected chi connectivity index (χ4v) is 5.68.